The number of carbonyl (C=O) groups excluding carboxylic acids is 1. The first-order valence-electron chi connectivity index (χ1n) is 10.5. The van der Waals surface area contributed by atoms with Crippen molar-refractivity contribution in [3.8, 4) is 0 Å². The number of amides is 1. The van der Waals surface area contributed by atoms with E-state index in [4.69, 9.17) is 0 Å². The van der Waals surface area contributed by atoms with Crippen molar-refractivity contribution in [2.75, 3.05) is 0 Å². The molecule has 6 nitrogen and oxygen atoms in total. The number of hydrogen-bond acceptors (Lipinski definition) is 4. The van der Waals surface area contributed by atoms with Gasteiger partial charge in [0.2, 0.25) is 5.91 Å². The maximum Gasteiger partial charge on any atom is 0.226 e. The smallest absolute Gasteiger partial charge is 0.226 e. The zero-order chi connectivity index (χ0) is 19.3. The number of carbonyl (C=O) groups is 1. The molecule has 28 heavy (non-hydrogen) atoms. The maximum atomic E-state index is 13.1. The van der Waals surface area contributed by atoms with Crippen LogP contribution in [-0.2, 0) is 11.3 Å². The normalized spacial score (nSPS) is 18.1. The Balaban J connectivity index is 1.59. The molecule has 2 aliphatic carbocycles. The summed E-state index contributed by atoms with van der Waals surface area (Å²) in [5, 5.41) is 13.7. The largest absolute Gasteiger partial charge is 0.335 e. The van der Waals surface area contributed by atoms with E-state index in [2.05, 4.69) is 52.5 Å². The molecule has 0 aliphatic heterocycles. The van der Waals surface area contributed by atoms with Gasteiger partial charge in [0.25, 0.3) is 0 Å². The molecule has 0 unspecified atom stereocenters. The number of fused-ring (bicyclic) bond motifs is 3. The van der Waals surface area contributed by atoms with Crippen LogP contribution in [0.1, 0.15) is 61.6 Å². The third kappa shape index (κ3) is 3.05. The number of benzene rings is 1. The summed E-state index contributed by atoms with van der Waals surface area (Å²) in [5.41, 5.74) is 5.25. The molecule has 2 fully saturated rings. The number of nitrogens with zero attached hydrogens (tertiary/aromatic N) is 5. The molecule has 2 saturated carbocycles. The van der Waals surface area contributed by atoms with Gasteiger partial charge in [0.05, 0.1) is 5.52 Å². The van der Waals surface area contributed by atoms with Crippen LogP contribution in [0.4, 0.5) is 0 Å². The SMILES string of the molecule is Cc1cc(C)c2c(c1)cc(CN(C(=O)C1CC1)C1CCCCC1)c1nnnn12. The number of hydrogen-bond donors (Lipinski definition) is 0. The molecular formula is C22H27N5O. The minimum absolute atomic E-state index is 0.235. The molecule has 0 N–H and O–H groups in total. The summed E-state index contributed by atoms with van der Waals surface area (Å²) in [5.74, 6) is 0.567. The van der Waals surface area contributed by atoms with E-state index in [1.807, 2.05) is 4.52 Å². The summed E-state index contributed by atoms with van der Waals surface area (Å²) in [4.78, 5) is 15.3. The predicted octanol–water partition coefficient (Wildman–Crippen LogP) is 3.97. The summed E-state index contributed by atoms with van der Waals surface area (Å²) < 4.78 is 1.85. The molecule has 0 atom stereocenters. The molecule has 146 valence electrons. The molecule has 0 saturated heterocycles. The topological polar surface area (TPSA) is 63.4 Å². The summed E-state index contributed by atoms with van der Waals surface area (Å²) in [7, 11) is 0. The monoisotopic (exact) mass is 377 g/mol. The average molecular weight is 377 g/mol. The Kier molecular flexibility index (Phi) is 4.29. The van der Waals surface area contributed by atoms with Crippen LogP contribution in [-0.4, -0.2) is 36.9 Å². The van der Waals surface area contributed by atoms with Gasteiger partial charge in [-0.2, -0.15) is 4.52 Å². The first kappa shape index (κ1) is 17.6. The fraction of sp³-hybridized carbons (Fsp3) is 0.545. The van der Waals surface area contributed by atoms with Gasteiger partial charge in [0.1, 0.15) is 0 Å². The first-order valence-corrected chi connectivity index (χ1v) is 10.5. The van der Waals surface area contributed by atoms with Gasteiger partial charge < -0.3 is 4.90 Å². The molecule has 2 aromatic heterocycles. The van der Waals surface area contributed by atoms with Gasteiger partial charge in [0, 0.05) is 29.5 Å². The van der Waals surface area contributed by atoms with Crippen molar-refractivity contribution in [3.05, 3.63) is 34.9 Å². The maximum absolute atomic E-state index is 13.1. The number of tetrazole rings is 1. The molecule has 5 rings (SSSR count). The van der Waals surface area contributed by atoms with Gasteiger partial charge in [0.15, 0.2) is 5.65 Å². The highest BCUT2D eigenvalue weighted by Crippen LogP contribution is 2.35. The number of pyridine rings is 1. The third-order valence-electron chi connectivity index (χ3n) is 6.34. The van der Waals surface area contributed by atoms with E-state index < -0.39 is 0 Å². The van der Waals surface area contributed by atoms with Crippen LogP contribution in [0.5, 0.6) is 0 Å². The van der Waals surface area contributed by atoms with Gasteiger partial charge in [-0.25, -0.2) is 0 Å². The Morgan fingerprint density at radius 1 is 1.11 bits per heavy atom. The highest BCUT2D eigenvalue weighted by molar-refractivity contribution is 5.87. The van der Waals surface area contributed by atoms with Gasteiger partial charge in [-0.15, -0.1) is 5.10 Å². The van der Waals surface area contributed by atoms with Crippen molar-refractivity contribution in [1.29, 1.82) is 0 Å². The molecule has 6 heteroatoms. The van der Waals surface area contributed by atoms with Gasteiger partial charge in [-0.05, 0) is 67.7 Å². The van der Waals surface area contributed by atoms with Crippen LogP contribution in [0, 0.1) is 19.8 Å². The van der Waals surface area contributed by atoms with Crippen molar-refractivity contribution in [1.82, 2.24) is 24.9 Å². The van der Waals surface area contributed by atoms with E-state index in [9.17, 15) is 4.79 Å². The van der Waals surface area contributed by atoms with Crippen LogP contribution in [0.25, 0.3) is 16.6 Å². The second-order valence-corrected chi connectivity index (χ2v) is 8.64. The van der Waals surface area contributed by atoms with Crippen molar-refractivity contribution >= 4 is 22.5 Å². The quantitative estimate of drug-likeness (QED) is 0.690. The molecule has 1 amide bonds. The van der Waals surface area contributed by atoms with Gasteiger partial charge in [-0.3, -0.25) is 4.79 Å². The molecular weight excluding hydrogens is 350 g/mol. The lowest BCUT2D eigenvalue weighted by Gasteiger charge is -2.34. The van der Waals surface area contributed by atoms with Crippen LogP contribution in [0.3, 0.4) is 0 Å². The Morgan fingerprint density at radius 2 is 1.89 bits per heavy atom. The summed E-state index contributed by atoms with van der Waals surface area (Å²) >= 11 is 0. The van der Waals surface area contributed by atoms with E-state index in [-0.39, 0.29) is 5.92 Å². The van der Waals surface area contributed by atoms with Gasteiger partial charge in [-0.1, -0.05) is 30.9 Å². The molecule has 0 spiro atoms. The number of rotatable bonds is 4. The lowest BCUT2D eigenvalue weighted by atomic mass is 9.93. The highest BCUT2D eigenvalue weighted by Gasteiger charge is 2.37. The van der Waals surface area contributed by atoms with Crippen molar-refractivity contribution in [2.24, 2.45) is 5.92 Å². The van der Waals surface area contributed by atoms with Crippen molar-refractivity contribution < 1.29 is 4.79 Å². The zero-order valence-corrected chi connectivity index (χ0v) is 16.7. The van der Waals surface area contributed by atoms with E-state index in [1.54, 1.807) is 0 Å². The Hall–Kier alpha value is -2.50. The minimum atomic E-state index is 0.235. The van der Waals surface area contributed by atoms with Crippen molar-refractivity contribution in [2.45, 2.75) is 71.4 Å². The van der Waals surface area contributed by atoms with E-state index in [1.165, 1.54) is 24.8 Å². The number of aryl methyl sites for hydroxylation is 2. The Bertz CT molecular complexity index is 1050. The summed E-state index contributed by atoms with van der Waals surface area (Å²) in [6.07, 6.45) is 8.04. The standard InChI is InChI=1S/C22H27N5O/c1-14-10-15(2)20-17(11-14)12-18(21-23-24-25-27(20)21)13-26(22(28)16-8-9-16)19-6-4-3-5-7-19/h10-12,16,19H,3-9,13H2,1-2H3. The minimum Gasteiger partial charge on any atom is -0.335 e. The van der Waals surface area contributed by atoms with Crippen molar-refractivity contribution in [3.63, 3.8) is 0 Å². The third-order valence-corrected chi connectivity index (χ3v) is 6.34. The summed E-state index contributed by atoms with van der Waals surface area (Å²) in [6, 6.07) is 6.89. The second kappa shape index (κ2) is 6.83. The number of aromatic nitrogens is 4. The average Bonchev–Trinajstić information content (AvgIpc) is 3.42. The Morgan fingerprint density at radius 3 is 2.64 bits per heavy atom. The van der Waals surface area contributed by atoms with Crippen LogP contribution in [0.15, 0.2) is 18.2 Å². The first-order chi connectivity index (χ1) is 13.6. The summed E-state index contributed by atoms with van der Waals surface area (Å²) in [6.45, 7) is 4.81. The van der Waals surface area contributed by atoms with E-state index in [0.717, 1.165) is 53.4 Å². The second-order valence-electron chi connectivity index (χ2n) is 8.64. The molecule has 1 aromatic carbocycles. The lowest BCUT2D eigenvalue weighted by molar-refractivity contribution is -0.136. The van der Waals surface area contributed by atoms with Crippen LogP contribution >= 0.6 is 0 Å². The molecule has 2 aliphatic rings. The van der Waals surface area contributed by atoms with Gasteiger partial charge >= 0.3 is 0 Å². The Labute approximate surface area is 164 Å². The fourth-order valence-electron chi connectivity index (χ4n) is 4.83. The molecule has 0 radical (unpaired) electrons. The molecule has 3 aromatic rings. The highest BCUT2D eigenvalue weighted by atomic mass is 16.2. The van der Waals surface area contributed by atoms with E-state index >= 15 is 0 Å². The lowest BCUT2D eigenvalue weighted by Crippen LogP contribution is -2.41. The van der Waals surface area contributed by atoms with E-state index in [0.29, 0.717) is 18.5 Å². The van der Waals surface area contributed by atoms with Crippen LogP contribution < -0.4 is 0 Å². The zero-order valence-electron chi connectivity index (χ0n) is 16.7. The fourth-order valence-corrected chi connectivity index (χ4v) is 4.83. The van der Waals surface area contributed by atoms with Crippen LogP contribution in [0.2, 0.25) is 0 Å². The molecule has 0 bridgehead atoms. The molecule has 2 heterocycles. The predicted molar refractivity (Wildman–Crippen MR) is 108 cm³/mol.